The Kier molecular flexibility index (Phi) is 3.59. The molecule has 0 saturated carbocycles. The van der Waals surface area contributed by atoms with Crippen molar-refractivity contribution in [2.45, 2.75) is 12.5 Å². The van der Waals surface area contributed by atoms with Gasteiger partial charge in [-0.05, 0) is 5.56 Å². The molecule has 0 aliphatic rings. The zero-order valence-electron chi connectivity index (χ0n) is 8.88. The highest BCUT2D eigenvalue weighted by atomic mass is 35.5. The topological polar surface area (TPSA) is 43.8 Å². The fraction of sp³-hybridized carbons (Fsp3) is 0.250. The Balaban J connectivity index is 2.12. The van der Waals surface area contributed by atoms with Gasteiger partial charge in [-0.3, -0.25) is 4.68 Å². The van der Waals surface area contributed by atoms with Gasteiger partial charge in [-0.1, -0.05) is 41.9 Å². The minimum Gasteiger partial charge on any atom is -0.330 e. The molecule has 0 aliphatic heterocycles. The molecule has 0 bridgehead atoms. The highest BCUT2D eigenvalue weighted by molar-refractivity contribution is 6.30. The van der Waals surface area contributed by atoms with E-state index >= 15 is 0 Å². The molecule has 2 N–H and O–H groups in total. The van der Waals surface area contributed by atoms with E-state index in [4.69, 9.17) is 17.3 Å². The molecule has 0 amide bonds. The van der Waals surface area contributed by atoms with Crippen LogP contribution in [0.1, 0.15) is 11.5 Å². The first-order chi connectivity index (χ1) is 7.79. The Morgan fingerprint density at radius 1 is 1.31 bits per heavy atom. The van der Waals surface area contributed by atoms with Crippen molar-refractivity contribution < 1.29 is 0 Å². The maximum atomic E-state index is 5.82. The summed E-state index contributed by atoms with van der Waals surface area (Å²) >= 11 is 5.82. The zero-order chi connectivity index (χ0) is 11.4. The van der Waals surface area contributed by atoms with Crippen LogP contribution in [0, 0.1) is 0 Å². The standard InChI is InChI=1S/C12H14ClN3/c13-12-7-15-16(9-12)8-11(6-14)10-4-2-1-3-5-10/h1-5,7,9,11H,6,8,14H2. The van der Waals surface area contributed by atoms with E-state index in [1.54, 1.807) is 6.20 Å². The van der Waals surface area contributed by atoms with E-state index in [0.717, 1.165) is 6.54 Å². The van der Waals surface area contributed by atoms with Crippen LogP contribution in [-0.4, -0.2) is 16.3 Å². The van der Waals surface area contributed by atoms with Crippen LogP contribution in [0.15, 0.2) is 42.7 Å². The van der Waals surface area contributed by atoms with E-state index < -0.39 is 0 Å². The lowest BCUT2D eigenvalue weighted by Gasteiger charge is -2.14. The molecule has 0 fully saturated rings. The monoisotopic (exact) mass is 235 g/mol. The van der Waals surface area contributed by atoms with Crippen molar-refractivity contribution in [3.8, 4) is 0 Å². The maximum Gasteiger partial charge on any atom is 0.0785 e. The molecule has 0 aliphatic carbocycles. The molecule has 1 aromatic carbocycles. The summed E-state index contributed by atoms with van der Waals surface area (Å²) in [5.74, 6) is 0.275. The van der Waals surface area contributed by atoms with E-state index in [9.17, 15) is 0 Å². The van der Waals surface area contributed by atoms with Crippen LogP contribution >= 0.6 is 11.6 Å². The molecule has 0 radical (unpaired) electrons. The molecule has 1 aromatic heterocycles. The lowest BCUT2D eigenvalue weighted by Crippen LogP contribution is -2.18. The predicted molar refractivity (Wildman–Crippen MR) is 65.5 cm³/mol. The van der Waals surface area contributed by atoms with Crippen LogP contribution in [0.25, 0.3) is 0 Å². The van der Waals surface area contributed by atoms with Gasteiger partial charge in [0.2, 0.25) is 0 Å². The van der Waals surface area contributed by atoms with Crippen LogP contribution in [0.3, 0.4) is 0 Å². The molecule has 0 saturated heterocycles. The summed E-state index contributed by atoms with van der Waals surface area (Å²) in [5, 5.41) is 4.81. The summed E-state index contributed by atoms with van der Waals surface area (Å²) in [7, 11) is 0. The molecule has 3 nitrogen and oxygen atoms in total. The Morgan fingerprint density at radius 2 is 2.06 bits per heavy atom. The predicted octanol–water partition coefficient (Wildman–Crippen LogP) is 2.28. The van der Waals surface area contributed by atoms with Crippen molar-refractivity contribution in [3.05, 3.63) is 53.3 Å². The van der Waals surface area contributed by atoms with Gasteiger partial charge >= 0.3 is 0 Å². The molecule has 2 aromatic rings. The highest BCUT2D eigenvalue weighted by Gasteiger charge is 2.10. The molecular formula is C12H14ClN3. The summed E-state index contributed by atoms with van der Waals surface area (Å²) in [6, 6.07) is 10.2. The number of nitrogens with zero attached hydrogens (tertiary/aromatic N) is 2. The molecule has 0 spiro atoms. The van der Waals surface area contributed by atoms with Gasteiger partial charge in [0, 0.05) is 25.2 Å². The second-order valence-electron chi connectivity index (χ2n) is 3.72. The molecule has 4 heteroatoms. The molecular weight excluding hydrogens is 222 g/mol. The minimum atomic E-state index is 0.275. The largest absolute Gasteiger partial charge is 0.330 e. The van der Waals surface area contributed by atoms with Crippen molar-refractivity contribution >= 4 is 11.6 Å². The Hall–Kier alpha value is -1.32. The first-order valence-electron chi connectivity index (χ1n) is 5.22. The van der Waals surface area contributed by atoms with Crippen molar-refractivity contribution in [2.24, 2.45) is 5.73 Å². The first kappa shape index (κ1) is 11.2. The summed E-state index contributed by atoms with van der Waals surface area (Å²) in [6.07, 6.45) is 3.45. The summed E-state index contributed by atoms with van der Waals surface area (Å²) in [5.41, 5.74) is 7.02. The average Bonchev–Trinajstić information content (AvgIpc) is 2.73. The third kappa shape index (κ3) is 2.62. The van der Waals surface area contributed by atoms with E-state index in [1.165, 1.54) is 5.56 Å². The highest BCUT2D eigenvalue weighted by Crippen LogP contribution is 2.17. The second-order valence-corrected chi connectivity index (χ2v) is 4.16. The number of benzene rings is 1. The van der Waals surface area contributed by atoms with Crippen molar-refractivity contribution in [3.63, 3.8) is 0 Å². The number of hydrogen-bond acceptors (Lipinski definition) is 2. The molecule has 1 unspecified atom stereocenters. The number of rotatable bonds is 4. The summed E-state index contributed by atoms with van der Waals surface area (Å²) in [4.78, 5) is 0. The van der Waals surface area contributed by atoms with Gasteiger partial charge in [0.15, 0.2) is 0 Å². The van der Waals surface area contributed by atoms with Crippen LogP contribution in [0.4, 0.5) is 0 Å². The normalized spacial score (nSPS) is 12.6. The molecule has 2 rings (SSSR count). The van der Waals surface area contributed by atoms with Gasteiger partial charge in [0.1, 0.15) is 0 Å². The quantitative estimate of drug-likeness (QED) is 0.884. The lowest BCUT2D eigenvalue weighted by atomic mass is 9.99. The van der Waals surface area contributed by atoms with E-state index in [0.29, 0.717) is 11.6 Å². The molecule has 1 heterocycles. The third-order valence-electron chi connectivity index (χ3n) is 2.56. The van der Waals surface area contributed by atoms with Crippen LogP contribution in [0.5, 0.6) is 0 Å². The Morgan fingerprint density at radius 3 is 2.62 bits per heavy atom. The zero-order valence-corrected chi connectivity index (χ0v) is 9.64. The average molecular weight is 236 g/mol. The van der Waals surface area contributed by atoms with E-state index in [1.807, 2.05) is 29.1 Å². The minimum absolute atomic E-state index is 0.275. The van der Waals surface area contributed by atoms with Gasteiger partial charge in [0.25, 0.3) is 0 Å². The van der Waals surface area contributed by atoms with Gasteiger partial charge < -0.3 is 5.73 Å². The van der Waals surface area contributed by atoms with E-state index in [-0.39, 0.29) is 5.92 Å². The number of nitrogens with two attached hydrogens (primary N) is 1. The second kappa shape index (κ2) is 5.14. The summed E-state index contributed by atoms with van der Waals surface area (Å²) < 4.78 is 1.83. The van der Waals surface area contributed by atoms with Gasteiger partial charge in [-0.2, -0.15) is 5.10 Å². The van der Waals surface area contributed by atoms with Gasteiger partial charge in [-0.25, -0.2) is 0 Å². The lowest BCUT2D eigenvalue weighted by molar-refractivity contribution is 0.521. The number of halogens is 1. The number of hydrogen-bond donors (Lipinski definition) is 1. The Bertz CT molecular complexity index is 439. The molecule has 84 valence electrons. The van der Waals surface area contributed by atoms with Gasteiger partial charge in [0.05, 0.1) is 11.2 Å². The van der Waals surface area contributed by atoms with Gasteiger partial charge in [-0.15, -0.1) is 0 Å². The van der Waals surface area contributed by atoms with E-state index in [2.05, 4.69) is 17.2 Å². The van der Waals surface area contributed by atoms with Crippen molar-refractivity contribution in [1.82, 2.24) is 9.78 Å². The molecule has 16 heavy (non-hydrogen) atoms. The summed E-state index contributed by atoms with van der Waals surface area (Å²) in [6.45, 7) is 1.36. The van der Waals surface area contributed by atoms with Crippen LogP contribution in [-0.2, 0) is 6.54 Å². The smallest absolute Gasteiger partial charge is 0.0785 e. The number of aromatic nitrogens is 2. The Labute approximate surface area is 99.8 Å². The fourth-order valence-corrected chi connectivity index (χ4v) is 1.86. The maximum absolute atomic E-state index is 5.82. The third-order valence-corrected chi connectivity index (χ3v) is 2.76. The fourth-order valence-electron chi connectivity index (χ4n) is 1.71. The SMILES string of the molecule is NCC(Cn1cc(Cl)cn1)c1ccccc1. The van der Waals surface area contributed by atoms with Crippen LogP contribution in [0.2, 0.25) is 5.02 Å². The molecule has 1 atom stereocenters. The van der Waals surface area contributed by atoms with Crippen LogP contribution < -0.4 is 5.73 Å². The van der Waals surface area contributed by atoms with Crippen molar-refractivity contribution in [1.29, 1.82) is 0 Å². The first-order valence-corrected chi connectivity index (χ1v) is 5.60. The van der Waals surface area contributed by atoms with Crippen molar-refractivity contribution in [2.75, 3.05) is 6.54 Å².